The van der Waals surface area contributed by atoms with Gasteiger partial charge in [-0.3, -0.25) is 4.68 Å². The fraction of sp³-hybridized carbons (Fsp3) is 0.333. The van der Waals surface area contributed by atoms with Crippen LogP contribution in [0.1, 0.15) is 25.3 Å². The second-order valence-electron chi connectivity index (χ2n) is 8.36. The summed E-state index contributed by atoms with van der Waals surface area (Å²) in [5.74, 6) is 0.943. The predicted octanol–water partition coefficient (Wildman–Crippen LogP) is 3.52. The van der Waals surface area contributed by atoms with Gasteiger partial charge in [-0.2, -0.15) is 15.5 Å². The van der Waals surface area contributed by atoms with Crippen molar-refractivity contribution < 1.29 is 4.74 Å². The maximum Gasteiger partial charge on any atom is 0.167 e. The molecule has 2 aliphatic heterocycles. The first kappa shape index (κ1) is 19.0. The lowest BCUT2D eigenvalue weighted by Gasteiger charge is -2.32. The Kier molecular flexibility index (Phi) is 4.44. The van der Waals surface area contributed by atoms with E-state index in [1.165, 1.54) is 0 Å². The molecule has 2 aliphatic rings. The topological polar surface area (TPSA) is 84.3 Å². The van der Waals surface area contributed by atoms with Crippen LogP contribution in [0.4, 0.5) is 5.82 Å². The van der Waals surface area contributed by atoms with Crippen molar-refractivity contribution in [2.75, 3.05) is 18.0 Å². The van der Waals surface area contributed by atoms with Crippen LogP contribution in [0.3, 0.4) is 0 Å². The molecule has 4 aromatic rings. The average Bonchev–Trinajstić information content (AvgIpc) is 3.54. The van der Waals surface area contributed by atoms with Gasteiger partial charge in [-0.25, -0.2) is 9.50 Å². The summed E-state index contributed by atoms with van der Waals surface area (Å²) in [6.45, 7) is 4.55. The molecule has 3 aromatic heterocycles. The Morgan fingerprint density at radius 3 is 2.78 bits per heavy atom. The molecule has 2 fully saturated rings. The van der Waals surface area contributed by atoms with E-state index in [1.54, 1.807) is 12.3 Å². The van der Waals surface area contributed by atoms with Crippen LogP contribution in [0.15, 0.2) is 48.8 Å². The third-order valence-corrected chi connectivity index (χ3v) is 6.38. The van der Waals surface area contributed by atoms with Gasteiger partial charge >= 0.3 is 0 Å². The maximum atomic E-state index is 9.39. The SMILES string of the molecule is CCn1nccc1-c1c(-c2cccc(C#N)c2)nn2ccc(N3CC4CCC(C3)O4)nc12. The van der Waals surface area contributed by atoms with Crippen molar-refractivity contribution in [2.24, 2.45) is 0 Å². The summed E-state index contributed by atoms with van der Waals surface area (Å²) in [5.41, 5.74) is 4.97. The average molecular weight is 425 g/mol. The van der Waals surface area contributed by atoms with Gasteiger partial charge in [0.25, 0.3) is 0 Å². The van der Waals surface area contributed by atoms with Gasteiger partial charge in [-0.15, -0.1) is 0 Å². The molecule has 8 nitrogen and oxygen atoms in total. The summed E-state index contributed by atoms with van der Waals surface area (Å²) in [6, 6.07) is 13.8. The highest BCUT2D eigenvalue weighted by Crippen LogP contribution is 2.36. The number of ether oxygens (including phenoxy) is 1. The van der Waals surface area contributed by atoms with Crippen molar-refractivity contribution in [3.8, 4) is 28.6 Å². The molecule has 0 N–H and O–H groups in total. The molecule has 160 valence electrons. The number of anilines is 1. The van der Waals surface area contributed by atoms with Gasteiger partial charge < -0.3 is 9.64 Å². The number of nitrogens with zero attached hydrogens (tertiary/aromatic N) is 7. The van der Waals surface area contributed by atoms with Gasteiger partial charge in [0, 0.05) is 37.6 Å². The van der Waals surface area contributed by atoms with Crippen LogP contribution < -0.4 is 4.90 Å². The van der Waals surface area contributed by atoms with Crippen molar-refractivity contribution in [3.63, 3.8) is 0 Å². The number of fused-ring (bicyclic) bond motifs is 3. The lowest BCUT2D eigenvalue weighted by atomic mass is 10.0. The molecule has 0 amide bonds. The number of nitriles is 1. The standard InChI is InChI=1S/C24H23N7O/c1-2-30-20(8-10-26-30)22-23(17-5-3-4-16(12-17)13-25)28-31-11-9-21(27-24(22)31)29-14-18-6-7-19(15-29)32-18/h3-5,8-12,18-19H,2,6-7,14-15H2,1H3. The molecule has 6 rings (SSSR count). The Bertz CT molecular complexity index is 1340. The highest BCUT2D eigenvalue weighted by atomic mass is 16.5. The molecule has 2 saturated heterocycles. The smallest absolute Gasteiger partial charge is 0.167 e. The van der Waals surface area contributed by atoms with E-state index in [1.807, 2.05) is 45.7 Å². The fourth-order valence-electron chi connectivity index (χ4n) is 4.87. The summed E-state index contributed by atoms with van der Waals surface area (Å²) in [5, 5.41) is 18.8. The van der Waals surface area contributed by atoms with E-state index in [0.717, 1.165) is 66.5 Å². The molecule has 0 saturated carbocycles. The third-order valence-electron chi connectivity index (χ3n) is 6.38. The monoisotopic (exact) mass is 425 g/mol. The molecule has 2 atom stereocenters. The molecular formula is C24H23N7O. The van der Waals surface area contributed by atoms with Gasteiger partial charge in [0.2, 0.25) is 0 Å². The lowest BCUT2D eigenvalue weighted by Crippen LogP contribution is -2.43. The number of rotatable bonds is 4. The van der Waals surface area contributed by atoms with Crippen molar-refractivity contribution in [1.29, 1.82) is 5.26 Å². The molecule has 8 heteroatoms. The van der Waals surface area contributed by atoms with E-state index in [0.29, 0.717) is 17.8 Å². The molecule has 2 unspecified atom stereocenters. The van der Waals surface area contributed by atoms with Crippen LogP contribution in [0.25, 0.3) is 28.2 Å². The molecule has 0 radical (unpaired) electrons. The summed E-state index contributed by atoms with van der Waals surface area (Å²) in [4.78, 5) is 7.41. The zero-order valence-corrected chi connectivity index (χ0v) is 17.8. The van der Waals surface area contributed by atoms with Crippen molar-refractivity contribution in [3.05, 3.63) is 54.4 Å². The largest absolute Gasteiger partial charge is 0.371 e. The van der Waals surface area contributed by atoms with Gasteiger partial charge in [0.05, 0.1) is 35.1 Å². The summed E-state index contributed by atoms with van der Waals surface area (Å²) >= 11 is 0. The van der Waals surface area contributed by atoms with Gasteiger partial charge in [0.15, 0.2) is 5.65 Å². The van der Waals surface area contributed by atoms with Gasteiger partial charge in [0.1, 0.15) is 11.5 Å². The lowest BCUT2D eigenvalue weighted by molar-refractivity contribution is 0.0302. The summed E-state index contributed by atoms with van der Waals surface area (Å²) < 4.78 is 9.79. The van der Waals surface area contributed by atoms with Crippen LogP contribution in [0, 0.1) is 11.3 Å². The van der Waals surface area contributed by atoms with Crippen molar-refractivity contribution in [2.45, 2.75) is 38.5 Å². The minimum absolute atomic E-state index is 0.293. The molecule has 1 aromatic carbocycles. The van der Waals surface area contributed by atoms with Crippen molar-refractivity contribution in [1.82, 2.24) is 24.4 Å². The maximum absolute atomic E-state index is 9.39. The van der Waals surface area contributed by atoms with E-state index >= 15 is 0 Å². The zero-order chi connectivity index (χ0) is 21.7. The van der Waals surface area contributed by atoms with Crippen molar-refractivity contribution >= 4 is 11.5 Å². The number of aromatic nitrogens is 5. The van der Waals surface area contributed by atoms with Gasteiger partial charge in [-0.05, 0) is 44.0 Å². The normalized spacial score (nSPS) is 20.1. The second kappa shape index (κ2) is 7.46. The van der Waals surface area contributed by atoms with Crippen LogP contribution in [0.5, 0.6) is 0 Å². The van der Waals surface area contributed by atoms with Crippen LogP contribution in [-0.4, -0.2) is 49.7 Å². The number of aryl methyl sites for hydroxylation is 1. The molecule has 2 bridgehead atoms. The number of morpholine rings is 1. The molecule has 32 heavy (non-hydrogen) atoms. The molecule has 5 heterocycles. The minimum atomic E-state index is 0.293. The third kappa shape index (κ3) is 3.05. The van der Waals surface area contributed by atoms with Crippen LogP contribution in [0.2, 0.25) is 0 Å². The van der Waals surface area contributed by atoms with E-state index in [4.69, 9.17) is 14.8 Å². The number of hydrogen-bond donors (Lipinski definition) is 0. The first-order valence-electron chi connectivity index (χ1n) is 11.1. The van der Waals surface area contributed by atoms with Crippen LogP contribution in [-0.2, 0) is 11.3 Å². The first-order chi connectivity index (χ1) is 15.7. The Hall–Kier alpha value is -3.70. The number of hydrogen-bond acceptors (Lipinski definition) is 6. The van der Waals surface area contributed by atoms with Gasteiger partial charge in [-0.1, -0.05) is 12.1 Å². The molecule has 0 spiro atoms. The van der Waals surface area contributed by atoms with E-state index in [-0.39, 0.29) is 0 Å². The highest BCUT2D eigenvalue weighted by molar-refractivity contribution is 5.89. The fourth-order valence-corrected chi connectivity index (χ4v) is 4.87. The van der Waals surface area contributed by atoms with E-state index in [9.17, 15) is 5.26 Å². The Balaban J connectivity index is 1.54. The highest BCUT2D eigenvalue weighted by Gasteiger charge is 2.34. The zero-order valence-electron chi connectivity index (χ0n) is 17.8. The first-order valence-corrected chi connectivity index (χ1v) is 11.1. The quantitative estimate of drug-likeness (QED) is 0.497. The Labute approximate surface area is 185 Å². The predicted molar refractivity (Wildman–Crippen MR) is 120 cm³/mol. The molecule has 0 aliphatic carbocycles. The van der Waals surface area contributed by atoms with Crippen LogP contribution >= 0.6 is 0 Å². The summed E-state index contributed by atoms with van der Waals surface area (Å²) in [7, 11) is 0. The number of benzene rings is 1. The molecular weight excluding hydrogens is 402 g/mol. The van der Waals surface area contributed by atoms with E-state index in [2.05, 4.69) is 23.0 Å². The summed E-state index contributed by atoms with van der Waals surface area (Å²) in [6.07, 6.45) is 6.61. The minimum Gasteiger partial charge on any atom is -0.371 e. The Morgan fingerprint density at radius 1 is 1.16 bits per heavy atom. The Morgan fingerprint density at radius 2 is 2.00 bits per heavy atom. The second-order valence-corrected chi connectivity index (χ2v) is 8.36. The van der Waals surface area contributed by atoms with E-state index < -0.39 is 0 Å².